The SMILES string of the molecule is Cc1cccc(NC2CCN(C(=O)Cc3ccc(N)cc3)CC2)c1. The Morgan fingerprint density at radius 2 is 1.88 bits per heavy atom. The zero-order chi connectivity index (χ0) is 16.9. The molecule has 1 saturated heterocycles. The molecule has 0 bridgehead atoms. The third-order valence-corrected chi connectivity index (χ3v) is 4.57. The Labute approximate surface area is 143 Å². The number of nitrogen functional groups attached to an aromatic ring is 1. The fraction of sp³-hybridized carbons (Fsp3) is 0.350. The number of anilines is 2. The number of likely N-dealkylation sites (tertiary alicyclic amines) is 1. The van der Waals surface area contributed by atoms with Crippen LogP contribution < -0.4 is 11.1 Å². The third-order valence-electron chi connectivity index (χ3n) is 4.57. The Morgan fingerprint density at radius 1 is 1.17 bits per heavy atom. The van der Waals surface area contributed by atoms with E-state index in [0.29, 0.717) is 12.5 Å². The van der Waals surface area contributed by atoms with E-state index in [1.165, 1.54) is 11.3 Å². The van der Waals surface area contributed by atoms with Crippen LogP contribution in [0.2, 0.25) is 0 Å². The number of piperidine rings is 1. The van der Waals surface area contributed by atoms with Crippen LogP contribution >= 0.6 is 0 Å². The second-order valence-electron chi connectivity index (χ2n) is 6.59. The van der Waals surface area contributed by atoms with Crippen molar-refractivity contribution in [2.75, 3.05) is 24.1 Å². The molecule has 0 aliphatic carbocycles. The summed E-state index contributed by atoms with van der Waals surface area (Å²) in [5, 5.41) is 3.59. The fourth-order valence-corrected chi connectivity index (χ4v) is 3.17. The summed E-state index contributed by atoms with van der Waals surface area (Å²) in [6.07, 6.45) is 2.43. The first-order chi connectivity index (χ1) is 11.6. The van der Waals surface area contributed by atoms with Gasteiger partial charge in [0.25, 0.3) is 0 Å². The van der Waals surface area contributed by atoms with Crippen LogP contribution in [-0.4, -0.2) is 29.9 Å². The summed E-state index contributed by atoms with van der Waals surface area (Å²) in [6.45, 7) is 3.73. The lowest BCUT2D eigenvalue weighted by molar-refractivity contribution is -0.131. The van der Waals surface area contributed by atoms with E-state index in [0.717, 1.165) is 37.2 Å². The van der Waals surface area contributed by atoms with Crippen LogP contribution in [0.5, 0.6) is 0 Å². The molecule has 1 aliphatic rings. The number of carbonyl (C=O) groups excluding carboxylic acids is 1. The van der Waals surface area contributed by atoms with Crippen LogP contribution in [0.25, 0.3) is 0 Å². The number of hydrogen-bond acceptors (Lipinski definition) is 3. The van der Waals surface area contributed by atoms with Crippen molar-refractivity contribution in [1.82, 2.24) is 4.90 Å². The highest BCUT2D eigenvalue weighted by Gasteiger charge is 2.22. The molecule has 3 N–H and O–H groups in total. The molecule has 1 fully saturated rings. The van der Waals surface area contributed by atoms with Crippen molar-refractivity contribution in [3.8, 4) is 0 Å². The molecule has 1 amide bonds. The Bertz CT molecular complexity index is 688. The molecule has 0 unspecified atom stereocenters. The number of nitrogens with one attached hydrogen (secondary N) is 1. The molecule has 4 nitrogen and oxygen atoms in total. The number of rotatable bonds is 4. The number of amides is 1. The molecule has 2 aromatic carbocycles. The molecule has 1 heterocycles. The molecule has 24 heavy (non-hydrogen) atoms. The number of benzene rings is 2. The number of hydrogen-bond donors (Lipinski definition) is 2. The van der Waals surface area contributed by atoms with Crippen LogP contribution in [0.3, 0.4) is 0 Å². The fourth-order valence-electron chi connectivity index (χ4n) is 3.17. The first-order valence-electron chi connectivity index (χ1n) is 8.55. The molecule has 3 rings (SSSR count). The molecule has 1 aliphatic heterocycles. The average Bonchev–Trinajstić information content (AvgIpc) is 2.57. The summed E-state index contributed by atoms with van der Waals surface area (Å²) >= 11 is 0. The van der Waals surface area contributed by atoms with E-state index in [9.17, 15) is 4.79 Å². The zero-order valence-corrected chi connectivity index (χ0v) is 14.2. The summed E-state index contributed by atoms with van der Waals surface area (Å²) in [4.78, 5) is 14.4. The van der Waals surface area contributed by atoms with Crippen molar-refractivity contribution >= 4 is 17.3 Å². The largest absolute Gasteiger partial charge is 0.399 e. The predicted molar refractivity (Wildman–Crippen MR) is 99.0 cm³/mol. The first kappa shape index (κ1) is 16.4. The quantitative estimate of drug-likeness (QED) is 0.849. The standard InChI is InChI=1S/C20H25N3O/c1-15-3-2-4-19(13-15)22-18-9-11-23(12-10-18)20(24)14-16-5-7-17(21)8-6-16/h2-8,13,18,22H,9-12,14,21H2,1H3. The lowest BCUT2D eigenvalue weighted by Crippen LogP contribution is -2.43. The smallest absolute Gasteiger partial charge is 0.226 e. The van der Waals surface area contributed by atoms with Crippen molar-refractivity contribution < 1.29 is 4.79 Å². The second kappa shape index (κ2) is 7.39. The Balaban J connectivity index is 1.49. The second-order valence-corrected chi connectivity index (χ2v) is 6.59. The number of carbonyl (C=O) groups is 1. The molecule has 0 saturated carbocycles. The molecule has 2 aromatic rings. The highest BCUT2D eigenvalue weighted by atomic mass is 16.2. The Kier molecular flexibility index (Phi) is 5.04. The van der Waals surface area contributed by atoms with Crippen molar-refractivity contribution in [1.29, 1.82) is 0 Å². The minimum Gasteiger partial charge on any atom is -0.399 e. The Hall–Kier alpha value is -2.49. The van der Waals surface area contributed by atoms with Crippen LogP contribution in [0.4, 0.5) is 11.4 Å². The van der Waals surface area contributed by atoms with Gasteiger partial charge in [-0.05, 0) is 55.2 Å². The van der Waals surface area contributed by atoms with Crippen LogP contribution in [-0.2, 0) is 11.2 Å². The number of nitrogens with zero attached hydrogens (tertiary/aromatic N) is 1. The van der Waals surface area contributed by atoms with Gasteiger partial charge in [0.05, 0.1) is 6.42 Å². The summed E-state index contributed by atoms with van der Waals surface area (Å²) in [7, 11) is 0. The Morgan fingerprint density at radius 3 is 2.54 bits per heavy atom. The summed E-state index contributed by atoms with van der Waals surface area (Å²) in [6, 6.07) is 16.4. The first-order valence-corrected chi connectivity index (χ1v) is 8.55. The molecular formula is C20H25N3O. The maximum absolute atomic E-state index is 12.4. The number of nitrogens with two attached hydrogens (primary N) is 1. The van der Waals surface area contributed by atoms with Gasteiger partial charge in [-0.15, -0.1) is 0 Å². The summed E-state index contributed by atoms with van der Waals surface area (Å²) < 4.78 is 0. The highest BCUT2D eigenvalue weighted by molar-refractivity contribution is 5.79. The molecule has 0 spiro atoms. The van der Waals surface area contributed by atoms with E-state index in [2.05, 4.69) is 36.5 Å². The summed E-state index contributed by atoms with van der Waals surface area (Å²) in [5.74, 6) is 0.203. The monoisotopic (exact) mass is 323 g/mol. The van der Waals surface area contributed by atoms with Gasteiger partial charge in [-0.2, -0.15) is 0 Å². The topological polar surface area (TPSA) is 58.4 Å². The van der Waals surface area contributed by atoms with E-state index in [-0.39, 0.29) is 5.91 Å². The van der Waals surface area contributed by atoms with Gasteiger partial charge in [0.2, 0.25) is 5.91 Å². The molecule has 0 atom stereocenters. The maximum atomic E-state index is 12.4. The summed E-state index contributed by atoms with van der Waals surface area (Å²) in [5.41, 5.74) is 9.87. The van der Waals surface area contributed by atoms with Crippen LogP contribution in [0, 0.1) is 6.92 Å². The molecule has 0 radical (unpaired) electrons. The van der Waals surface area contributed by atoms with E-state index in [1.807, 2.05) is 29.2 Å². The van der Waals surface area contributed by atoms with Gasteiger partial charge in [-0.1, -0.05) is 24.3 Å². The maximum Gasteiger partial charge on any atom is 0.226 e. The zero-order valence-electron chi connectivity index (χ0n) is 14.2. The van der Waals surface area contributed by atoms with E-state index < -0.39 is 0 Å². The molecule has 0 aromatic heterocycles. The molecule has 126 valence electrons. The van der Waals surface area contributed by atoms with Crippen molar-refractivity contribution in [3.63, 3.8) is 0 Å². The lowest BCUT2D eigenvalue weighted by Gasteiger charge is -2.33. The van der Waals surface area contributed by atoms with Gasteiger partial charge in [0, 0.05) is 30.5 Å². The average molecular weight is 323 g/mol. The van der Waals surface area contributed by atoms with Crippen molar-refractivity contribution in [3.05, 3.63) is 59.7 Å². The van der Waals surface area contributed by atoms with Gasteiger partial charge in [-0.25, -0.2) is 0 Å². The van der Waals surface area contributed by atoms with Crippen LogP contribution in [0.15, 0.2) is 48.5 Å². The minimum absolute atomic E-state index is 0.203. The van der Waals surface area contributed by atoms with E-state index >= 15 is 0 Å². The van der Waals surface area contributed by atoms with Gasteiger partial charge in [0.15, 0.2) is 0 Å². The van der Waals surface area contributed by atoms with Crippen molar-refractivity contribution in [2.45, 2.75) is 32.2 Å². The van der Waals surface area contributed by atoms with Gasteiger partial charge in [0.1, 0.15) is 0 Å². The van der Waals surface area contributed by atoms with Crippen molar-refractivity contribution in [2.24, 2.45) is 0 Å². The van der Waals surface area contributed by atoms with E-state index in [4.69, 9.17) is 5.73 Å². The lowest BCUT2D eigenvalue weighted by atomic mass is 10.0. The minimum atomic E-state index is 0.203. The van der Waals surface area contributed by atoms with Gasteiger partial charge < -0.3 is 16.0 Å². The predicted octanol–water partition coefficient (Wildman–Crippen LogP) is 3.22. The van der Waals surface area contributed by atoms with E-state index in [1.54, 1.807) is 0 Å². The van der Waals surface area contributed by atoms with Gasteiger partial charge in [-0.3, -0.25) is 4.79 Å². The third kappa shape index (κ3) is 4.28. The van der Waals surface area contributed by atoms with Gasteiger partial charge >= 0.3 is 0 Å². The number of aryl methyl sites for hydroxylation is 1. The molecule has 4 heteroatoms. The van der Waals surface area contributed by atoms with Crippen LogP contribution in [0.1, 0.15) is 24.0 Å². The normalized spacial score (nSPS) is 15.3. The highest BCUT2D eigenvalue weighted by Crippen LogP contribution is 2.18. The molecular weight excluding hydrogens is 298 g/mol.